The van der Waals surface area contributed by atoms with Crippen molar-refractivity contribution in [2.45, 2.75) is 24.5 Å². The second-order valence-corrected chi connectivity index (χ2v) is 7.74. The van der Waals surface area contributed by atoms with Crippen molar-refractivity contribution in [3.8, 4) is 5.75 Å². The van der Waals surface area contributed by atoms with E-state index in [1.165, 1.54) is 12.1 Å². The number of aliphatic imine (C=N–C) groups is 1. The van der Waals surface area contributed by atoms with Crippen LogP contribution >= 0.6 is 11.8 Å². The van der Waals surface area contributed by atoms with Crippen LogP contribution in [0.2, 0.25) is 0 Å². The first-order valence-electron chi connectivity index (χ1n) is 8.82. The molecule has 0 atom stereocenters. The molecular formula is C18H27F2N3O2S. The van der Waals surface area contributed by atoms with Crippen molar-refractivity contribution in [3.63, 3.8) is 0 Å². The molecule has 2 rings (SSSR count). The highest BCUT2D eigenvalue weighted by Gasteiger charge is 2.32. The van der Waals surface area contributed by atoms with Crippen molar-refractivity contribution in [1.82, 2.24) is 10.6 Å². The molecule has 5 nitrogen and oxygen atoms in total. The summed E-state index contributed by atoms with van der Waals surface area (Å²) in [5, 5.41) is 6.51. The Morgan fingerprint density at radius 2 is 2.08 bits per heavy atom. The number of nitrogens with one attached hydrogen (secondary N) is 2. The minimum atomic E-state index is -0.703. The molecule has 1 aliphatic heterocycles. The SMILES string of the molecule is CCSC1(CNC(=NC)NCCOc2ccc(F)cc2F)CCOCC1. The molecule has 0 saturated carbocycles. The Balaban J connectivity index is 1.75. The minimum Gasteiger partial charge on any atom is -0.489 e. The number of ether oxygens (including phenoxy) is 2. The van der Waals surface area contributed by atoms with Gasteiger partial charge in [-0.15, -0.1) is 0 Å². The van der Waals surface area contributed by atoms with Gasteiger partial charge in [-0.3, -0.25) is 4.99 Å². The molecule has 1 aromatic carbocycles. The van der Waals surface area contributed by atoms with E-state index in [9.17, 15) is 8.78 Å². The number of nitrogens with zero attached hydrogens (tertiary/aromatic N) is 1. The molecule has 1 fully saturated rings. The van der Waals surface area contributed by atoms with Gasteiger partial charge in [-0.25, -0.2) is 8.78 Å². The van der Waals surface area contributed by atoms with Crippen LogP contribution in [0.25, 0.3) is 0 Å². The van der Waals surface area contributed by atoms with E-state index in [0.717, 1.165) is 44.4 Å². The van der Waals surface area contributed by atoms with Crippen LogP contribution < -0.4 is 15.4 Å². The van der Waals surface area contributed by atoms with Gasteiger partial charge in [0.15, 0.2) is 17.5 Å². The predicted octanol–water partition coefficient (Wildman–Crippen LogP) is 2.81. The molecule has 146 valence electrons. The van der Waals surface area contributed by atoms with E-state index in [0.29, 0.717) is 12.5 Å². The molecule has 8 heteroatoms. The summed E-state index contributed by atoms with van der Waals surface area (Å²) in [4.78, 5) is 4.21. The second-order valence-electron chi connectivity index (χ2n) is 6.00. The van der Waals surface area contributed by atoms with Gasteiger partial charge in [0.1, 0.15) is 12.4 Å². The smallest absolute Gasteiger partial charge is 0.191 e. The first-order chi connectivity index (χ1) is 12.6. The summed E-state index contributed by atoms with van der Waals surface area (Å²) < 4.78 is 37.4. The summed E-state index contributed by atoms with van der Waals surface area (Å²) in [6, 6.07) is 3.27. The molecule has 0 spiro atoms. The van der Waals surface area contributed by atoms with Gasteiger partial charge in [0.2, 0.25) is 0 Å². The fourth-order valence-corrected chi connectivity index (χ4v) is 4.05. The normalized spacial score (nSPS) is 17.0. The number of hydrogen-bond acceptors (Lipinski definition) is 4. The largest absolute Gasteiger partial charge is 0.489 e. The Hall–Kier alpha value is -1.54. The number of thioether (sulfide) groups is 1. The van der Waals surface area contributed by atoms with Gasteiger partial charge in [-0.1, -0.05) is 6.92 Å². The average Bonchev–Trinajstić information content (AvgIpc) is 2.63. The van der Waals surface area contributed by atoms with Gasteiger partial charge in [0, 0.05) is 37.6 Å². The summed E-state index contributed by atoms with van der Waals surface area (Å²) in [6.07, 6.45) is 2.03. The van der Waals surface area contributed by atoms with Gasteiger partial charge in [0.05, 0.1) is 6.54 Å². The lowest BCUT2D eigenvalue weighted by atomic mass is 9.99. The monoisotopic (exact) mass is 387 g/mol. The van der Waals surface area contributed by atoms with Gasteiger partial charge < -0.3 is 20.1 Å². The zero-order chi connectivity index (χ0) is 18.8. The number of hydrogen-bond donors (Lipinski definition) is 2. The molecule has 0 radical (unpaired) electrons. The Bertz CT molecular complexity index is 590. The van der Waals surface area contributed by atoms with Crippen molar-refractivity contribution < 1.29 is 18.3 Å². The van der Waals surface area contributed by atoms with Gasteiger partial charge in [0.25, 0.3) is 0 Å². The maximum Gasteiger partial charge on any atom is 0.191 e. The molecule has 0 aliphatic carbocycles. The van der Waals surface area contributed by atoms with Crippen LogP contribution in [0, 0.1) is 11.6 Å². The van der Waals surface area contributed by atoms with E-state index in [1.54, 1.807) is 7.05 Å². The summed E-state index contributed by atoms with van der Waals surface area (Å²) in [5.41, 5.74) is 0. The van der Waals surface area contributed by atoms with Crippen molar-refractivity contribution in [1.29, 1.82) is 0 Å². The van der Waals surface area contributed by atoms with Crippen LogP contribution in [0.3, 0.4) is 0 Å². The van der Waals surface area contributed by atoms with Crippen LogP contribution in [-0.2, 0) is 4.74 Å². The van der Waals surface area contributed by atoms with Crippen molar-refractivity contribution >= 4 is 17.7 Å². The third kappa shape index (κ3) is 6.32. The summed E-state index contributed by atoms with van der Waals surface area (Å²) >= 11 is 1.96. The highest BCUT2D eigenvalue weighted by atomic mass is 32.2. The predicted molar refractivity (Wildman–Crippen MR) is 102 cm³/mol. The van der Waals surface area contributed by atoms with E-state index >= 15 is 0 Å². The molecule has 26 heavy (non-hydrogen) atoms. The van der Waals surface area contributed by atoms with E-state index in [2.05, 4.69) is 22.5 Å². The Morgan fingerprint density at radius 3 is 2.73 bits per heavy atom. The topological polar surface area (TPSA) is 54.9 Å². The van der Waals surface area contributed by atoms with Gasteiger partial charge in [-0.2, -0.15) is 11.8 Å². The third-order valence-electron chi connectivity index (χ3n) is 4.20. The maximum atomic E-state index is 13.5. The first-order valence-corrected chi connectivity index (χ1v) is 9.81. The van der Waals surface area contributed by atoms with Crippen LogP contribution in [-0.4, -0.2) is 56.4 Å². The van der Waals surface area contributed by atoms with Crippen LogP contribution in [0.15, 0.2) is 23.2 Å². The minimum absolute atomic E-state index is 0.0386. The van der Waals surface area contributed by atoms with Gasteiger partial charge >= 0.3 is 0 Å². The standard InChI is InChI=1S/C18H27F2N3O2S/c1-3-26-18(6-9-24-10-7-18)13-23-17(21-2)22-8-11-25-16-5-4-14(19)12-15(16)20/h4-5,12H,3,6-11,13H2,1-2H3,(H2,21,22,23). The molecule has 0 aromatic heterocycles. The molecule has 0 amide bonds. The molecule has 1 aliphatic rings. The number of benzene rings is 1. The summed E-state index contributed by atoms with van der Waals surface area (Å²) in [7, 11) is 1.71. The summed E-state index contributed by atoms with van der Waals surface area (Å²) in [5.74, 6) is 0.452. The molecule has 1 heterocycles. The molecule has 0 bridgehead atoms. The quantitative estimate of drug-likeness (QED) is 0.408. The molecule has 1 aromatic rings. The zero-order valence-electron chi connectivity index (χ0n) is 15.3. The fourth-order valence-electron chi connectivity index (χ4n) is 2.81. The van der Waals surface area contributed by atoms with Crippen molar-refractivity contribution in [2.75, 3.05) is 45.7 Å². The number of rotatable bonds is 8. The van der Waals surface area contributed by atoms with Gasteiger partial charge in [-0.05, 0) is 30.7 Å². The zero-order valence-corrected chi connectivity index (χ0v) is 16.1. The Labute approximate surface area is 157 Å². The Morgan fingerprint density at radius 1 is 1.31 bits per heavy atom. The van der Waals surface area contributed by atoms with Crippen LogP contribution in [0.4, 0.5) is 8.78 Å². The number of halogens is 2. The third-order valence-corrected chi connectivity index (χ3v) is 5.66. The average molecular weight is 387 g/mol. The first kappa shape index (κ1) is 20.8. The highest BCUT2D eigenvalue weighted by Crippen LogP contribution is 2.34. The highest BCUT2D eigenvalue weighted by molar-refractivity contribution is 8.00. The lowest BCUT2D eigenvalue weighted by Crippen LogP contribution is -2.48. The molecule has 0 unspecified atom stereocenters. The number of guanidine groups is 1. The van der Waals surface area contributed by atoms with E-state index < -0.39 is 11.6 Å². The lowest BCUT2D eigenvalue weighted by Gasteiger charge is -2.37. The Kier molecular flexibility index (Phi) is 8.44. The van der Waals surface area contributed by atoms with Crippen LogP contribution in [0.1, 0.15) is 19.8 Å². The maximum absolute atomic E-state index is 13.5. The molecule has 2 N–H and O–H groups in total. The van der Waals surface area contributed by atoms with Crippen molar-refractivity contribution in [2.24, 2.45) is 4.99 Å². The van der Waals surface area contributed by atoms with E-state index in [1.807, 2.05) is 11.8 Å². The molecule has 1 saturated heterocycles. The van der Waals surface area contributed by atoms with Crippen molar-refractivity contribution in [3.05, 3.63) is 29.8 Å². The lowest BCUT2D eigenvalue weighted by molar-refractivity contribution is 0.0782. The van der Waals surface area contributed by atoms with E-state index in [4.69, 9.17) is 9.47 Å². The molecular weight excluding hydrogens is 360 g/mol. The van der Waals surface area contributed by atoms with Crippen LogP contribution in [0.5, 0.6) is 5.75 Å². The second kappa shape index (κ2) is 10.6. The summed E-state index contributed by atoms with van der Waals surface area (Å²) in [6.45, 7) is 5.25. The fraction of sp³-hybridized carbons (Fsp3) is 0.611. The van der Waals surface area contributed by atoms with E-state index in [-0.39, 0.29) is 17.1 Å².